The average molecular weight is 295 g/mol. The third-order valence-electron chi connectivity index (χ3n) is 4.10. The lowest BCUT2D eigenvalue weighted by Gasteiger charge is -2.39. The van der Waals surface area contributed by atoms with Crippen LogP contribution in [0.15, 0.2) is 18.2 Å². The molecule has 0 saturated carbocycles. The molecule has 3 nitrogen and oxygen atoms in total. The average Bonchev–Trinajstić information content (AvgIpc) is 2.46. The summed E-state index contributed by atoms with van der Waals surface area (Å²) in [5, 5.41) is 0. The van der Waals surface area contributed by atoms with Gasteiger partial charge in [-0.05, 0) is 31.5 Å². The number of nitrogens with two attached hydrogens (primary N) is 1. The Balaban J connectivity index is 2.05. The molecule has 110 valence electrons. The van der Waals surface area contributed by atoms with Crippen molar-refractivity contribution in [1.82, 2.24) is 4.90 Å². The summed E-state index contributed by atoms with van der Waals surface area (Å²) in [6, 6.07) is 5.60. The Hall–Kier alpha value is -1.20. The minimum absolute atomic E-state index is 0.233. The zero-order chi connectivity index (χ0) is 14.7. The SMILES string of the molecule is CCC(C)N1CCN(c2ccc(C(N)=S)cc2F)CC1. The molecule has 1 unspecified atom stereocenters. The number of halogens is 1. The zero-order valence-corrected chi connectivity index (χ0v) is 12.9. The molecule has 1 atom stereocenters. The normalized spacial score (nSPS) is 18.1. The molecule has 1 aliphatic rings. The smallest absolute Gasteiger partial charge is 0.147 e. The van der Waals surface area contributed by atoms with Crippen LogP contribution >= 0.6 is 12.2 Å². The van der Waals surface area contributed by atoms with Crippen LogP contribution in [0.1, 0.15) is 25.8 Å². The van der Waals surface area contributed by atoms with E-state index in [-0.39, 0.29) is 10.8 Å². The maximum atomic E-state index is 14.1. The topological polar surface area (TPSA) is 32.5 Å². The summed E-state index contributed by atoms with van der Waals surface area (Å²) in [4.78, 5) is 4.78. The fourth-order valence-electron chi connectivity index (χ4n) is 2.58. The minimum atomic E-state index is -0.243. The third-order valence-corrected chi connectivity index (χ3v) is 4.34. The minimum Gasteiger partial charge on any atom is -0.389 e. The highest BCUT2D eigenvalue weighted by atomic mass is 32.1. The van der Waals surface area contributed by atoms with E-state index < -0.39 is 0 Å². The van der Waals surface area contributed by atoms with E-state index in [4.69, 9.17) is 18.0 Å². The second-order valence-electron chi connectivity index (χ2n) is 5.31. The van der Waals surface area contributed by atoms with Gasteiger partial charge in [0.05, 0.1) is 5.69 Å². The lowest BCUT2D eigenvalue weighted by molar-refractivity contribution is 0.192. The van der Waals surface area contributed by atoms with E-state index in [0.717, 1.165) is 32.6 Å². The van der Waals surface area contributed by atoms with Gasteiger partial charge in [0.15, 0.2) is 0 Å². The molecule has 1 aromatic rings. The lowest BCUT2D eigenvalue weighted by atomic mass is 10.1. The van der Waals surface area contributed by atoms with Gasteiger partial charge in [-0.1, -0.05) is 19.1 Å². The zero-order valence-electron chi connectivity index (χ0n) is 12.1. The molecule has 0 amide bonds. The first-order chi connectivity index (χ1) is 9.52. The first-order valence-electron chi connectivity index (χ1n) is 7.11. The highest BCUT2D eigenvalue weighted by molar-refractivity contribution is 7.80. The Labute approximate surface area is 125 Å². The molecule has 0 radical (unpaired) electrons. The van der Waals surface area contributed by atoms with Gasteiger partial charge in [0.2, 0.25) is 0 Å². The highest BCUT2D eigenvalue weighted by Gasteiger charge is 2.22. The molecule has 1 saturated heterocycles. The van der Waals surface area contributed by atoms with Crippen LogP contribution in [0.5, 0.6) is 0 Å². The second-order valence-corrected chi connectivity index (χ2v) is 5.75. The van der Waals surface area contributed by atoms with E-state index in [1.807, 2.05) is 0 Å². The molecule has 1 aromatic carbocycles. The quantitative estimate of drug-likeness (QED) is 0.865. The van der Waals surface area contributed by atoms with Gasteiger partial charge < -0.3 is 10.6 Å². The molecule has 0 bridgehead atoms. The molecule has 0 spiro atoms. The van der Waals surface area contributed by atoms with Crippen LogP contribution in [0, 0.1) is 5.82 Å². The van der Waals surface area contributed by atoms with E-state index in [1.54, 1.807) is 12.1 Å². The van der Waals surface area contributed by atoms with E-state index >= 15 is 0 Å². The van der Waals surface area contributed by atoms with Crippen molar-refractivity contribution in [3.8, 4) is 0 Å². The van der Waals surface area contributed by atoms with E-state index in [2.05, 4.69) is 23.6 Å². The summed E-state index contributed by atoms with van der Waals surface area (Å²) in [5.41, 5.74) is 6.75. The molecule has 5 heteroatoms. The number of rotatable bonds is 4. The number of piperazine rings is 1. The summed E-state index contributed by atoms with van der Waals surface area (Å²) in [7, 11) is 0. The van der Waals surface area contributed by atoms with Gasteiger partial charge in [-0.3, -0.25) is 4.90 Å². The van der Waals surface area contributed by atoms with Gasteiger partial charge in [0, 0.05) is 37.8 Å². The standard InChI is InChI=1S/C15H22FN3S/c1-3-11(2)18-6-8-19(9-7-18)14-5-4-12(15(17)20)10-13(14)16/h4-5,10-11H,3,6-9H2,1-2H3,(H2,17,20). The molecule has 2 rings (SSSR count). The summed E-state index contributed by atoms with van der Waals surface area (Å²) in [6.07, 6.45) is 1.15. The first-order valence-corrected chi connectivity index (χ1v) is 7.52. The van der Waals surface area contributed by atoms with Crippen LogP contribution in [0.2, 0.25) is 0 Å². The van der Waals surface area contributed by atoms with Crippen molar-refractivity contribution < 1.29 is 4.39 Å². The van der Waals surface area contributed by atoms with E-state index in [0.29, 0.717) is 17.3 Å². The number of hydrogen-bond acceptors (Lipinski definition) is 3. The molecule has 0 aliphatic carbocycles. The summed E-state index contributed by atoms with van der Waals surface area (Å²) in [5.74, 6) is -0.243. The van der Waals surface area contributed by atoms with Gasteiger partial charge >= 0.3 is 0 Å². The van der Waals surface area contributed by atoms with Gasteiger partial charge in [-0.2, -0.15) is 0 Å². The molecular formula is C15H22FN3S. The predicted molar refractivity (Wildman–Crippen MR) is 85.8 cm³/mol. The van der Waals surface area contributed by atoms with Crippen LogP contribution in [0.4, 0.5) is 10.1 Å². The monoisotopic (exact) mass is 295 g/mol. The molecular weight excluding hydrogens is 273 g/mol. The van der Waals surface area contributed by atoms with Crippen LogP contribution < -0.4 is 10.6 Å². The summed E-state index contributed by atoms with van der Waals surface area (Å²) >= 11 is 4.87. The third kappa shape index (κ3) is 3.27. The lowest BCUT2D eigenvalue weighted by Crippen LogP contribution is -2.49. The number of thiocarbonyl (C=S) groups is 1. The van der Waals surface area contributed by atoms with Crippen molar-refractivity contribution in [2.45, 2.75) is 26.3 Å². The van der Waals surface area contributed by atoms with Gasteiger partial charge in [-0.25, -0.2) is 4.39 Å². The number of benzene rings is 1. The predicted octanol–water partition coefficient (Wildman–Crippen LogP) is 2.38. The van der Waals surface area contributed by atoms with Crippen LogP contribution in [-0.2, 0) is 0 Å². The fourth-order valence-corrected chi connectivity index (χ4v) is 2.71. The molecule has 1 fully saturated rings. The van der Waals surface area contributed by atoms with Gasteiger partial charge in [0.1, 0.15) is 10.8 Å². The molecule has 1 heterocycles. The Morgan fingerprint density at radius 3 is 2.50 bits per heavy atom. The highest BCUT2D eigenvalue weighted by Crippen LogP contribution is 2.22. The Morgan fingerprint density at radius 1 is 1.35 bits per heavy atom. The Kier molecular flexibility index (Phi) is 4.94. The summed E-state index contributed by atoms with van der Waals surface area (Å²) < 4.78 is 14.1. The maximum absolute atomic E-state index is 14.1. The van der Waals surface area contributed by atoms with Crippen molar-refractivity contribution in [3.63, 3.8) is 0 Å². The van der Waals surface area contributed by atoms with Crippen molar-refractivity contribution in [2.24, 2.45) is 5.73 Å². The van der Waals surface area contributed by atoms with Crippen LogP contribution in [0.3, 0.4) is 0 Å². The van der Waals surface area contributed by atoms with Gasteiger partial charge in [0.25, 0.3) is 0 Å². The molecule has 20 heavy (non-hydrogen) atoms. The number of anilines is 1. The summed E-state index contributed by atoms with van der Waals surface area (Å²) in [6.45, 7) is 8.11. The van der Waals surface area contributed by atoms with Gasteiger partial charge in [-0.15, -0.1) is 0 Å². The maximum Gasteiger partial charge on any atom is 0.147 e. The van der Waals surface area contributed by atoms with Crippen LogP contribution in [-0.4, -0.2) is 42.1 Å². The van der Waals surface area contributed by atoms with E-state index in [1.165, 1.54) is 6.07 Å². The second kappa shape index (κ2) is 6.50. The largest absolute Gasteiger partial charge is 0.389 e. The van der Waals surface area contributed by atoms with Crippen molar-refractivity contribution in [3.05, 3.63) is 29.6 Å². The van der Waals surface area contributed by atoms with E-state index in [9.17, 15) is 4.39 Å². The molecule has 0 aromatic heterocycles. The number of hydrogen-bond donors (Lipinski definition) is 1. The number of nitrogens with zero attached hydrogens (tertiary/aromatic N) is 2. The Morgan fingerprint density at radius 2 is 2.00 bits per heavy atom. The Bertz CT molecular complexity index is 484. The van der Waals surface area contributed by atoms with Crippen LogP contribution in [0.25, 0.3) is 0 Å². The van der Waals surface area contributed by atoms with Crippen molar-refractivity contribution >= 4 is 22.9 Å². The first kappa shape index (κ1) is 15.2. The van der Waals surface area contributed by atoms with Crippen molar-refractivity contribution in [1.29, 1.82) is 0 Å². The molecule has 2 N–H and O–H groups in total. The fraction of sp³-hybridized carbons (Fsp3) is 0.533. The van der Waals surface area contributed by atoms with Crippen molar-refractivity contribution in [2.75, 3.05) is 31.1 Å². The molecule has 1 aliphatic heterocycles.